The number of amidine groups is 1. The minimum Gasteiger partial charge on any atom is -0.388 e. The first kappa shape index (κ1) is 13.4. The van der Waals surface area contributed by atoms with Gasteiger partial charge in [-0.25, -0.2) is 9.97 Å². The average Bonchev–Trinajstić information content (AvgIpc) is 2.23. The molecule has 1 aromatic heterocycles. The molecule has 0 bridgehead atoms. The molecule has 0 saturated heterocycles. The number of anilines is 1. The van der Waals surface area contributed by atoms with Gasteiger partial charge in [-0.3, -0.25) is 5.41 Å². The molecule has 3 N–H and O–H groups in total. The van der Waals surface area contributed by atoms with E-state index in [1.807, 2.05) is 13.0 Å². The molecular formula is C12H21N5. The number of nitrogens with two attached hydrogens (primary N) is 1. The van der Waals surface area contributed by atoms with Gasteiger partial charge >= 0.3 is 0 Å². The van der Waals surface area contributed by atoms with E-state index in [0.29, 0.717) is 12.3 Å². The molecule has 0 aliphatic carbocycles. The first-order valence-electron chi connectivity index (χ1n) is 5.86. The molecule has 5 heteroatoms. The van der Waals surface area contributed by atoms with Crippen molar-refractivity contribution in [2.75, 3.05) is 18.0 Å². The average molecular weight is 235 g/mol. The van der Waals surface area contributed by atoms with E-state index in [9.17, 15) is 0 Å². The van der Waals surface area contributed by atoms with E-state index in [1.165, 1.54) is 0 Å². The third kappa shape index (κ3) is 4.80. The van der Waals surface area contributed by atoms with Crippen molar-refractivity contribution in [1.29, 1.82) is 5.41 Å². The minimum atomic E-state index is 0.213. The molecule has 0 aliphatic rings. The molecule has 0 atom stereocenters. The monoisotopic (exact) mass is 235 g/mol. The molecule has 0 radical (unpaired) electrons. The molecule has 0 amide bonds. The van der Waals surface area contributed by atoms with Gasteiger partial charge in [-0.2, -0.15) is 0 Å². The van der Waals surface area contributed by atoms with Crippen LogP contribution in [0.5, 0.6) is 0 Å². The highest BCUT2D eigenvalue weighted by Crippen LogP contribution is 2.12. The number of aryl methyl sites for hydroxylation is 1. The Labute approximate surface area is 103 Å². The smallest absolute Gasteiger partial charge is 0.132 e. The van der Waals surface area contributed by atoms with Gasteiger partial charge in [0.2, 0.25) is 0 Å². The maximum Gasteiger partial charge on any atom is 0.132 e. The number of rotatable bonds is 6. The molecule has 1 aromatic rings. The number of nitrogens with zero attached hydrogens (tertiary/aromatic N) is 3. The normalized spacial score (nSPS) is 10.6. The molecule has 0 fully saturated rings. The van der Waals surface area contributed by atoms with Crippen LogP contribution < -0.4 is 10.6 Å². The van der Waals surface area contributed by atoms with Crippen LogP contribution >= 0.6 is 0 Å². The zero-order chi connectivity index (χ0) is 12.8. The SMILES string of the molecule is Cc1nccc(N(CCC(=N)N)CC(C)C)n1. The first-order valence-corrected chi connectivity index (χ1v) is 5.86. The highest BCUT2D eigenvalue weighted by atomic mass is 15.2. The van der Waals surface area contributed by atoms with Crippen molar-refractivity contribution in [2.24, 2.45) is 11.7 Å². The summed E-state index contributed by atoms with van der Waals surface area (Å²) in [6.07, 6.45) is 2.33. The Morgan fingerprint density at radius 3 is 2.76 bits per heavy atom. The van der Waals surface area contributed by atoms with Crippen LogP contribution in [-0.2, 0) is 0 Å². The van der Waals surface area contributed by atoms with Crippen molar-refractivity contribution < 1.29 is 0 Å². The summed E-state index contributed by atoms with van der Waals surface area (Å²) < 4.78 is 0. The quantitative estimate of drug-likeness (QED) is 0.579. The Kier molecular flexibility index (Phi) is 4.87. The van der Waals surface area contributed by atoms with Gasteiger partial charge in [0.25, 0.3) is 0 Å². The minimum absolute atomic E-state index is 0.213. The van der Waals surface area contributed by atoms with E-state index in [4.69, 9.17) is 11.1 Å². The predicted octanol–water partition coefficient (Wildman–Crippen LogP) is 1.57. The van der Waals surface area contributed by atoms with E-state index < -0.39 is 0 Å². The van der Waals surface area contributed by atoms with Gasteiger partial charge in [-0.1, -0.05) is 13.8 Å². The summed E-state index contributed by atoms with van der Waals surface area (Å²) in [5.41, 5.74) is 5.40. The van der Waals surface area contributed by atoms with E-state index >= 15 is 0 Å². The molecule has 0 aliphatic heterocycles. The van der Waals surface area contributed by atoms with Gasteiger partial charge in [-0.05, 0) is 18.9 Å². The second-order valence-electron chi connectivity index (χ2n) is 4.58. The van der Waals surface area contributed by atoms with Crippen LogP contribution in [0.3, 0.4) is 0 Å². The Morgan fingerprint density at radius 2 is 2.24 bits per heavy atom. The number of hydrogen-bond donors (Lipinski definition) is 2. The molecule has 1 heterocycles. The van der Waals surface area contributed by atoms with Gasteiger partial charge in [0.1, 0.15) is 11.6 Å². The zero-order valence-corrected chi connectivity index (χ0v) is 10.8. The lowest BCUT2D eigenvalue weighted by atomic mass is 10.2. The topological polar surface area (TPSA) is 78.9 Å². The number of nitrogens with one attached hydrogen (secondary N) is 1. The van der Waals surface area contributed by atoms with Crippen LogP contribution in [0.2, 0.25) is 0 Å². The maximum absolute atomic E-state index is 7.29. The highest BCUT2D eigenvalue weighted by Gasteiger charge is 2.10. The molecule has 17 heavy (non-hydrogen) atoms. The third-order valence-corrected chi connectivity index (χ3v) is 2.32. The molecule has 0 unspecified atom stereocenters. The molecule has 94 valence electrons. The van der Waals surface area contributed by atoms with Crippen LogP contribution in [-0.4, -0.2) is 28.9 Å². The zero-order valence-electron chi connectivity index (χ0n) is 10.8. The summed E-state index contributed by atoms with van der Waals surface area (Å²) in [5.74, 6) is 2.42. The van der Waals surface area contributed by atoms with E-state index in [1.54, 1.807) is 6.20 Å². The van der Waals surface area contributed by atoms with Crippen molar-refractivity contribution in [3.05, 3.63) is 18.1 Å². The van der Waals surface area contributed by atoms with Crippen LogP contribution in [0, 0.1) is 18.3 Å². The summed E-state index contributed by atoms with van der Waals surface area (Å²) in [6.45, 7) is 7.83. The number of aromatic nitrogens is 2. The Bertz CT molecular complexity index is 375. The number of hydrogen-bond acceptors (Lipinski definition) is 4. The molecule has 5 nitrogen and oxygen atoms in total. The fourth-order valence-corrected chi connectivity index (χ4v) is 1.62. The predicted molar refractivity (Wildman–Crippen MR) is 70.4 cm³/mol. The summed E-state index contributed by atoms with van der Waals surface area (Å²) >= 11 is 0. The highest BCUT2D eigenvalue weighted by molar-refractivity contribution is 5.77. The second-order valence-corrected chi connectivity index (χ2v) is 4.58. The molecule has 0 aromatic carbocycles. The van der Waals surface area contributed by atoms with Crippen LogP contribution in [0.15, 0.2) is 12.3 Å². The summed E-state index contributed by atoms with van der Waals surface area (Å²) in [4.78, 5) is 10.7. The fraction of sp³-hybridized carbons (Fsp3) is 0.583. The summed E-state index contributed by atoms with van der Waals surface area (Å²) in [6, 6.07) is 1.90. The van der Waals surface area contributed by atoms with Gasteiger partial charge in [0.15, 0.2) is 0 Å². The molecule has 0 spiro atoms. The van der Waals surface area contributed by atoms with Gasteiger partial charge in [0, 0.05) is 25.7 Å². The molecule has 1 rings (SSSR count). The van der Waals surface area contributed by atoms with Crippen LogP contribution in [0.1, 0.15) is 26.1 Å². The van der Waals surface area contributed by atoms with E-state index in [0.717, 1.165) is 24.7 Å². The molecule has 0 saturated carbocycles. The largest absolute Gasteiger partial charge is 0.388 e. The summed E-state index contributed by atoms with van der Waals surface area (Å²) in [5, 5.41) is 7.29. The lowest BCUT2D eigenvalue weighted by molar-refractivity contribution is 0.607. The van der Waals surface area contributed by atoms with E-state index in [2.05, 4.69) is 28.7 Å². The van der Waals surface area contributed by atoms with Gasteiger partial charge in [0.05, 0.1) is 5.84 Å². The van der Waals surface area contributed by atoms with Gasteiger partial charge in [-0.15, -0.1) is 0 Å². The lowest BCUT2D eigenvalue weighted by Gasteiger charge is -2.25. The Balaban J connectivity index is 2.77. The third-order valence-electron chi connectivity index (χ3n) is 2.32. The van der Waals surface area contributed by atoms with Crippen molar-refractivity contribution in [1.82, 2.24) is 9.97 Å². The maximum atomic E-state index is 7.29. The second kappa shape index (κ2) is 6.18. The Morgan fingerprint density at radius 1 is 1.53 bits per heavy atom. The van der Waals surface area contributed by atoms with Crippen molar-refractivity contribution in [3.63, 3.8) is 0 Å². The van der Waals surface area contributed by atoms with Gasteiger partial charge < -0.3 is 10.6 Å². The van der Waals surface area contributed by atoms with Crippen LogP contribution in [0.4, 0.5) is 5.82 Å². The van der Waals surface area contributed by atoms with Crippen molar-refractivity contribution in [3.8, 4) is 0 Å². The van der Waals surface area contributed by atoms with Crippen molar-refractivity contribution >= 4 is 11.7 Å². The van der Waals surface area contributed by atoms with Crippen molar-refractivity contribution in [2.45, 2.75) is 27.2 Å². The van der Waals surface area contributed by atoms with E-state index in [-0.39, 0.29) is 5.84 Å². The first-order chi connectivity index (χ1) is 7.99. The van der Waals surface area contributed by atoms with Crippen LogP contribution in [0.25, 0.3) is 0 Å². The summed E-state index contributed by atoms with van der Waals surface area (Å²) in [7, 11) is 0. The lowest BCUT2D eigenvalue weighted by Crippen LogP contribution is -2.32. The fourth-order valence-electron chi connectivity index (χ4n) is 1.62. The Hall–Kier alpha value is -1.65. The molecular weight excluding hydrogens is 214 g/mol. The standard InChI is InChI=1S/C12H21N5/c1-9(2)8-17(7-5-11(13)14)12-4-6-15-10(3)16-12/h4,6,9H,5,7-8H2,1-3H3,(H3,13,14).